The van der Waals surface area contributed by atoms with E-state index in [-0.39, 0.29) is 5.92 Å². The third kappa shape index (κ3) is 2.89. The van der Waals surface area contributed by atoms with Crippen LogP contribution in [0.25, 0.3) is 0 Å². The Kier molecular flexibility index (Phi) is 4.17. The van der Waals surface area contributed by atoms with Gasteiger partial charge in [-0.3, -0.25) is 9.88 Å². The highest BCUT2D eigenvalue weighted by Gasteiger charge is 2.53. The van der Waals surface area contributed by atoms with Crippen molar-refractivity contribution in [3.05, 3.63) is 47.5 Å². The molecule has 25 heavy (non-hydrogen) atoms. The second-order valence-electron chi connectivity index (χ2n) is 7.27. The van der Waals surface area contributed by atoms with Crippen molar-refractivity contribution in [3.63, 3.8) is 0 Å². The number of aliphatic hydroxyl groups is 1. The quantitative estimate of drug-likeness (QED) is 0.917. The lowest BCUT2D eigenvalue weighted by Gasteiger charge is -2.31. The third-order valence-electron chi connectivity index (χ3n) is 5.72. The summed E-state index contributed by atoms with van der Waals surface area (Å²) in [6, 6.07) is 4.36. The summed E-state index contributed by atoms with van der Waals surface area (Å²) in [4.78, 5) is 15.3. The number of rotatable bonds is 4. The number of aryl methyl sites for hydroxylation is 1. The van der Waals surface area contributed by atoms with Gasteiger partial charge >= 0.3 is 6.01 Å². The van der Waals surface area contributed by atoms with Crippen molar-refractivity contribution in [1.82, 2.24) is 19.9 Å². The summed E-state index contributed by atoms with van der Waals surface area (Å²) < 4.78 is 5.01. The van der Waals surface area contributed by atoms with Crippen LogP contribution >= 0.6 is 0 Å². The van der Waals surface area contributed by atoms with Crippen LogP contribution < -0.4 is 4.74 Å². The van der Waals surface area contributed by atoms with Crippen LogP contribution in [0.1, 0.15) is 29.7 Å². The zero-order chi connectivity index (χ0) is 17.4. The SMILES string of the molecule is COc1ncc(CN2CC3CCC(O)(c4ncccc4C)C3C2)cn1. The molecule has 0 amide bonds. The van der Waals surface area contributed by atoms with Gasteiger partial charge in [0.2, 0.25) is 0 Å². The molecule has 2 aromatic heterocycles. The van der Waals surface area contributed by atoms with Crippen molar-refractivity contribution < 1.29 is 9.84 Å². The van der Waals surface area contributed by atoms with Crippen molar-refractivity contribution in [2.75, 3.05) is 20.2 Å². The lowest BCUT2D eigenvalue weighted by atomic mass is 9.83. The Morgan fingerprint density at radius 3 is 2.80 bits per heavy atom. The van der Waals surface area contributed by atoms with Gasteiger partial charge in [0, 0.05) is 49.7 Å². The fourth-order valence-corrected chi connectivity index (χ4v) is 4.54. The van der Waals surface area contributed by atoms with Gasteiger partial charge in [-0.1, -0.05) is 6.07 Å². The largest absolute Gasteiger partial charge is 0.467 e. The number of hydrogen-bond acceptors (Lipinski definition) is 6. The first-order valence-electron chi connectivity index (χ1n) is 8.82. The highest BCUT2D eigenvalue weighted by atomic mass is 16.5. The normalized spacial score (nSPS) is 28.9. The van der Waals surface area contributed by atoms with Gasteiger partial charge in [-0.25, -0.2) is 9.97 Å². The lowest BCUT2D eigenvalue weighted by molar-refractivity contribution is -0.0114. The van der Waals surface area contributed by atoms with Crippen LogP contribution in [0.3, 0.4) is 0 Å². The number of aromatic nitrogens is 3. The Morgan fingerprint density at radius 1 is 1.28 bits per heavy atom. The molecule has 0 radical (unpaired) electrons. The van der Waals surface area contributed by atoms with Crippen LogP contribution in [0.2, 0.25) is 0 Å². The van der Waals surface area contributed by atoms with Gasteiger partial charge in [-0.15, -0.1) is 0 Å². The van der Waals surface area contributed by atoms with Crippen molar-refractivity contribution in [1.29, 1.82) is 0 Å². The topological polar surface area (TPSA) is 71.4 Å². The molecular formula is C19H24N4O2. The van der Waals surface area contributed by atoms with Gasteiger partial charge in [0.05, 0.1) is 12.8 Å². The molecule has 132 valence electrons. The summed E-state index contributed by atoms with van der Waals surface area (Å²) in [7, 11) is 1.57. The van der Waals surface area contributed by atoms with E-state index < -0.39 is 5.60 Å². The molecule has 2 fully saturated rings. The van der Waals surface area contributed by atoms with Crippen LogP contribution in [-0.4, -0.2) is 45.2 Å². The number of pyridine rings is 1. The summed E-state index contributed by atoms with van der Waals surface area (Å²) >= 11 is 0. The Hall–Kier alpha value is -2.05. The molecular weight excluding hydrogens is 316 g/mol. The maximum Gasteiger partial charge on any atom is 0.316 e. The van der Waals surface area contributed by atoms with E-state index in [0.29, 0.717) is 11.9 Å². The minimum Gasteiger partial charge on any atom is -0.467 e. The molecule has 3 heterocycles. The second-order valence-corrected chi connectivity index (χ2v) is 7.27. The number of nitrogens with zero attached hydrogens (tertiary/aromatic N) is 4. The van der Waals surface area contributed by atoms with Crippen LogP contribution in [-0.2, 0) is 12.1 Å². The molecule has 6 nitrogen and oxygen atoms in total. The number of methoxy groups -OCH3 is 1. The van der Waals surface area contributed by atoms with Crippen LogP contribution in [0, 0.1) is 18.8 Å². The van der Waals surface area contributed by atoms with Crippen LogP contribution in [0.4, 0.5) is 0 Å². The van der Waals surface area contributed by atoms with E-state index in [2.05, 4.69) is 19.9 Å². The van der Waals surface area contributed by atoms with Gasteiger partial charge in [0.1, 0.15) is 5.60 Å². The Morgan fingerprint density at radius 2 is 2.08 bits per heavy atom. The summed E-state index contributed by atoms with van der Waals surface area (Å²) in [6.07, 6.45) is 7.27. The predicted octanol–water partition coefficient (Wildman–Crippen LogP) is 1.92. The molecule has 0 bridgehead atoms. The molecule has 0 spiro atoms. The van der Waals surface area contributed by atoms with Crippen molar-refractivity contribution in [3.8, 4) is 6.01 Å². The van der Waals surface area contributed by atoms with E-state index in [0.717, 1.165) is 49.3 Å². The molecule has 2 aliphatic rings. The zero-order valence-electron chi connectivity index (χ0n) is 14.7. The summed E-state index contributed by atoms with van der Waals surface area (Å²) in [5, 5.41) is 11.4. The van der Waals surface area contributed by atoms with Crippen LogP contribution in [0.5, 0.6) is 6.01 Å². The smallest absolute Gasteiger partial charge is 0.316 e. The Balaban J connectivity index is 1.50. The maximum absolute atomic E-state index is 11.4. The first-order valence-corrected chi connectivity index (χ1v) is 8.82. The highest BCUT2D eigenvalue weighted by molar-refractivity contribution is 5.27. The molecule has 3 unspecified atom stereocenters. The van der Waals surface area contributed by atoms with Gasteiger partial charge in [-0.05, 0) is 37.3 Å². The molecule has 2 aromatic rings. The highest BCUT2D eigenvalue weighted by Crippen LogP contribution is 2.50. The summed E-state index contributed by atoms with van der Waals surface area (Å²) in [6.45, 7) is 4.72. The molecule has 1 saturated heterocycles. The predicted molar refractivity (Wildman–Crippen MR) is 92.9 cm³/mol. The molecule has 0 aromatic carbocycles. The summed E-state index contributed by atoms with van der Waals surface area (Å²) in [5.74, 6) is 0.755. The van der Waals surface area contributed by atoms with Crippen molar-refractivity contribution in [2.45, 2.75) is 31.9 Å². The van der Waals surface area contributed by atoms with Gasteiger partial charge in [0.15, 0.2) is 0 Å². The van der Waals surface area contributed by atoms with Crippen molar-refractivity contribution in [2.24, 2.45) is 11.8 Å². The molecule has 1 N–H and O–H groups in total. The standard InChI is InChI=1S/C19H24N4O2/c1-13-4-3-7-20-17(13)19(24)6-5-15-11-23(12-16(15)19)10-14-8-21-18(25-2)22-9-14/h3-4,7-9,15-16,24H,5-6,10-12H2,1-2H3. The van der Waals surface area contributed by atoms with E-state index in [1.807, 2.05) is 31.5 Å². The molecule has 6 heteroatoms. The molecule has 4 rings (SSSR count). The second kappa shape index (κ2) is 6.35. The number of likely N-dealkylation sites (tertiary alicyclic amines) is 1. The van der Waals surface area contributed by atoms with Gasteiger partial charge in [0.25, 0.3) is 0 Å². The first kappa shape index (κ1) is 16.4. The maximum atomic E-state index is 11.4. The summed E-state index contributed by atoms with van der Waals surface area (Å²) in [5.41, 5.74) is 2.20. The minimum atomic E-state index is -0.804. The fraction of sp³-hybridized carbons (Fsp3) is 0.526. The lowest BCUT2D eigenvalue weighted by Crippen LogP contribution is -2.36. The van der Waals surface area contributed by atoms with Gasteiger partial charge < -0.3 is 9.84 Å². The van der Waals surface area contributed by atoms with E-state index in [1.54, 1.807) is 13.3 Å². The minimum absolute atomic E-state index is 0.236. The average molecular weight is 340 g/mol. The van der Waals surface area contributed by atoms with E-state index in [9.17, 15) is 5.11 Å². The average Bonchev–Trinajstić information content (AvgIpc) is 3.16. The van der Waals surface area contributed by atoms with Gasteiger partial charge in [-0.2, -0.15) is 0 Å². The molecule has 3 atom stereocenters. The van der Waals surface area contributed by atoms with E-state index in [4.69, 9.17) is 4.74 Å². The zero-order valence-corrected chi connectivity index (χ0v) is 14.7. The number of fused-ring (bicyclic) bond motifs is 1. The molecule has 1 saturated carbocycles. The first-order chi connectivity index (χ1) is 12.1. The van der Waals surface area contributed by atoms with Crippen molar-refractivity contribution >= 4 is 0 Å². The van der Waals surface area contributed by atoms with E-state index in [1.165, 1.54) is 0 Å². The monoisotopic (exact) mass is 340 g/mol. The Labute approximate surface area is 147 Å². The number of ether oxygens (including phenoxy) is 1. The fourth-order valence-electron chi connectivity index (χ4n) is 4.54. The molecule has 1 aliphatic carbocycles. The third-order valence-corrected chi connectivity index (χ3v) is 5.72. The number of hydrogen-bond donors (Lipinski definition) is 1. The van der Waals surface area contributed by atoms with E-state index >= 15 is 0 Å². The molecule has 1 aliphatic heterocycles. The van der Waals surface area contributed by atoms with Crippen LogP contribution in [0.15, 0.2) is 30.7 Å². The Bertz CT molecular complexity index is 751.